The Morgan fingerprint density at radius 1 is 0.489 bits per heavy atom. The van der Waals surface area contributed by atoms with E-state index in [0.717, 1.165) is 11.5 Å². The number of ether oxygens (including phenoxy) is 1. The summed E-state index contributed by atoms with van der Waals surface area (Å²) >= 11 is 0. The Morgan fingerprint density at radius 3 is 1.56 bits per heavy atom. The van der Waals surface area contributed by atoms with Crippen molar-refractivity contribution >= 4 is 44.9 Å². The van der Waals surface area contributed by atoms with Gasteiger partial charge in [-0.25, -0.2) is 0 Å². The summed E-state index contributed by atoms with van der Waals surface area (Å²) in [7, 11) is 0. The van der Waals surface area contributed by atoms with Crippen LogP contribution in [0.15, 0.2) is 146 Å². The van der Waals surface area contributed by atoms with Crippen LogP contribution in [0.4, 0.5) is 0 Å². The highest BCUT2D eigenvalue weighted by atomic mass is 16.5. The largest absolute Gasteiger partial charge is 0.458 e. The minimum absolute atomic E-state index is 0.0294. The van der Waals surface area contributed by atoms with Gasteiger partial charge in [0, 0.05) is 21.9 Å². The molecule has 9 rings (SSSR count). The number of nitrogens with zero attached hydrogens (tertiary/aromatic N) is 1. The topological polar surface area (TPSA) is 14.2 Å². The van der Waals surface area contributed by atoms with Crippen LogP contribution >= 0.6 is 0 Å². The van der Waals surface area contributed by atoms with Gasteiger partial charge in [0.15, 0.2) is 0 Å². The SMILES string of the molecule is c1ccc2c(c1)Oc1ccccc1B2c1ccc(C2(c3ccc(-n4c5ccccc5c5ccccc54)cc3)CCCCC2)cc1. The Labute approximate surface area is 265 Å². The van der Waals surface area contributed by atoms with E-state index < -0.39 is 0 Å². The van der Waals surface area contributed by atoms with Gasteiger partial charge in [-0.15, -0.1) is 0 Å². The maximum absolute atomic E-state index is 6.30. The molecule has 1 aliphatic heterocycles. The van der Waals surface area contributed by atoms with Crippen molar-refractivity contribution in [3.63, 3.8) is 0 Å². The molecule has 0 amide bonds. The van der Waals surface area contributed by atoms with Gasteiger partial charge in [-0.2, -0.15) is 0 Å². The summed E-state index contributed by atoms with van der Waals surface area (Å²) in [4.78, 5) is 0. The second-order valence-corrected chi connectivity index (χ2v) is 12.8. The number of aromatic nitrogens is 1. The van der Waals surface area contributed by atoms with Crippen LogP contribution in [0.1, 0.15) is 43.2 Å². The number of para-hydroxylation sites is 4. The minimum atomic E-state index is 0.0294. The fraction of sp³-hybridized carbons (Fsp3) is 0.143. The fourth-order valence-corrected chi connectivity index (χ4v) is 8.29. The molecular weight excluding hydrogens is 545 g/mol. The highest BCUT2D eigenvalue weighted by Gasteiger charge is 2.37. The first kappa shape index (κ1) is 26.4. The summed E-state index contributed by atoms with van der Waals surface area (Å²) in [5.74, 6) is 1.91. The second kappa shape index (κ2) is 10.6. The van der Waals surface area contributed by atoms with E-state index in [0.29, 0.717) is 0 Å². The van der Waals surface area contributed by atoms with E-state index in [2.05, 4.69) is 150 Å². The zero-order valence-corrected chi connectivity index (χ0v) is 25.3. The highest BCUT2D eigenvalue weighted by molar-refractivity contribution is 6.96. The van der Waals surface area contributed by atoms with Crippen LogP contribution in [0.3, 0.4) is 0 Å². The molecular formula is C42H34BNO. The van der Waals surface area contributed by atoms with Crippen molar-refractivity contribution in [1.29, 1.82) is 0 Å². The van der Waals surface area contributed by atoms with Crippen LogP contribution in [-0.4, -0.2) is 11.3 Å². The Balaban J connectivity index is 1.11. The summed E-state index contributed by atoms with van der Waals surface area (Å²) in [6.07, 6.45) is 6.21. The van der Waals surface area contributed by atoms with E-state index in [1.807, 2.05) is 0 Å². The quantitative estimate of drug-likeness (QED) is 0.190. The third-order valence-corrected chi connectivity index (χ3v) is 10.4. The van der Waals surface area contributed by atoms with Gasteiger partial charge in [0.25, 0.3) is 6.71 Å². The fourth-order valence-electron chi connectivity index (χ4n) is 8.29. The van der Waals surface area contributed by atoms with Gasteiger partial charge in [-0.3, -0.25) is 0 Å². The molecule has 2 heterocycles. The van der Waals surface area contributed by atoms with Crippen LogP contribution in [0, 0.1) is 0 Å². The van der Waals surface area contributed by atoms with E-state index >= 15 is 0 Å². The van der Waals surface area contributed by atoms with Crippen molar-refractivity contribution in [1.82, 2.24) is 4.57 Å². The van der Waals surface area contributed by atoms with Gasteiger partial charge in [0.1, 0.15) is 11.5 Å². The van der Waals surface area contributed by atoms with Crippen LogP contribution in [0.25, 0.3) is 27.5 Å². The highest BCUT2D eigenvalue weighted by Crippen LogP contribution is 2.45. The van der Waals surface area contributed by atoms with Crippen molar-refractivity contribution in [2.45, 2.75) is 37.5 Å². The molecule has 0 saturated heterocycles. The van der Waals surface area contributed by atoms with E-state index in [9.17, 15) is 0 Å². The Hall–Kier alpha value is -5.02. The first-order chi connectivity index (χ1) is 22.3. The molecule has 45 heavy (non-hydrogen) atoms. The lowest BCUT2D eigenvalue weighted by molar-refractivity contribution is 0.346. The summed E-state index contributed by atoms with van der Waals surface area (Å²) in [6, 6.07) is 53.6. The second-order valence-electron chi connectivity index (χ2n) is 12.8. The monoisotopic (exact) mass is 579 g/mol. The average molecular weight is 580 g/mol. The lowest BCUT2D eigenvalue weighted by atomic mass is 9.36. The summed E-state index contributed by atoms with van der Waals surface area (Å²) < 4.78 is 8.72. The molecule has 0 bridgehead atoms. The van der Waals surface area contributed by atoms with Crippen molar-refractivity contribution in [3.05, 3.63) is 157 Å². The van der Waals surface area contributed by atoms with Crippen molar-refractivity contribution in [2.24, 2.45) is 0 Å². The van der Waals surface area contributed by atoms with Crippen molar-refractivity contribution in [3.8, 4) is 17.2 Å². The van der Waals surface area contributed by atoms with E-state index in [1.165, 1.54) is 87.1 Å². The van der Waals surface area contributed by atoms with Gasteiger partial charge in [-0.05, 0) is 71.3 Å². The summed E-state index contributed by atoms with van der Waals surface area (Å²) in [5.41, 5.74) is 10.4. The van der Waals surface area contributed by atoms with Crippen LogP contribution in [0.5, 0.6) is 11.5 Å². The lowest BCUT2D eigenvalue weighted by Gasteiger charge is -2.39. The minimum Gasteiger partial charge on any atom is -0.458 e. The first-order valence-corrected chi connectivity index (χ1v) is 16.4. The Kier molecular flexibility index (Phi) is 6.19. The Bertz CT molecular complexity index is 2070. The zero-order valence-electron chi connectivity index (χ0n) is 25.3. The predicted molar refractivity (Wildman–Crippen MR) is 189 cm³/mol. The van der Waals surface area contributed by atoms with E-state index in [-0.39, 0.29) is 12.1 Å². The molecule has 7 aromatic rings. The van der Waals surface area contributed by atoms with Gasteiger partial charge >= 0.3 is 0 Å². The standard InChI is InChI=1S/C42H34BNO/c1-10-28-42(29-11-1,31-22-26-33(27-23-31)44-38-16-6-2-12-34(38)35-13-3-7-17-39(35)44)30-20-24-32(25-21-30)43-36-14-4-8-18-40(36)45-41-19-9-5-15-37(41)43/h2-9,12-27H,1,10-11,28-29H2. The normalized spacial score (nSPS) is 15.4. The predicted octanol–water partition coefficient (Wildman–Crippen LogP) is 8.66. The van der Waals surface area contributed by atoms with E-state index in [1.54, 1.807) is 0 Å². The van der Waals surface area contributed by atoms with Gasteiger partial charge < -0.3 is 9.30 Å². The molecule has 2 nitrogen and oxygen atoms in total. The molecule has 3 heteroatoms. The maximum Gasteiger partial charge on any atom is 0.250 e. The number of benzene rings is 6. The number of fused-ring (bicyclic) bond motifs is 5. The number of hydrogen-bond donors (Lipinski definition) is 0. The molecule has 0 spiro atoms. The molecule has 1 aromatic heterocycles. The molecule has 216 valence electrons. The lowest BCUT2D eigenvalue weighted by Crippen LogP contribution is -2.54. The van der Waals surface area contributed by atoms with Crippen LogP contribution < -0.4 is 21.1 Å². The van der Waals surface area contributed by atoms with Gasteiger partial charge in [0.05, 0.1) is 11.0 Å². The van der Waals surface area contributed by atoms with Gasteiger partial charge in [0.2, 0.25) is 0 Å². The van der Waals surface area contributed by atoms with E-state index in [4.69, 9.17) is 4.74 Å². The summed E-state index contributed by atoms with van der Waals surface area (Å²) in [5, 5.41) is 2.60. The van der Waals surface area contributed by atoms with Gasteiger partial charge in [-0.1, -0.05) is 134 Å². The van der Waals surface area contributed by atoms with Crippen LogP contribution in [-0.2, 0) is 5.41 Å². The van der Waals surface area contributed by atoms with Crippen molar-refractivity contribution < 1.29 is 4.74 Å². The van der Waals surface area contributed by atoms with Crippen LogP contribution in [0.2, 0.25) is 0 Å². The first-order valence-electron chi connectivity index (χ1n) is 16.4. The number of hydrogen-bond acceptors (Lipinski definition) is 1. The maximum atomic E-state index is 6.30. The molecule has 1 saturated carbocycles. The zero-order chi connectivity index (χ0) is 29.8. The smallest absolute Gasteiger partial charge is 0.250 e. The number of rotatable bonds is 4. The van der Waals surface area contributed by atoms with Crippen molar-refractivity contribution in [2.75, 3.05) is 0 Å². The molecule has 2 aliphatic rings. The third-order valence-electron chi connectivity index (χ3n) is 10.4. The third kappa shape index (κ3) is 4.18. The average Bonchev–Trinajstić information content (AvgIpc) is 3.45. The molecule has 0 N–H and O–H groups in total. The molecule has 6 aromatic carbocycles. The molecule has 1 aliphatic carbocycles. The Morgan fingerprint density at radius 2 is 0.978 bits per heavy atom. The molecule has 0 unspecified atom stereocenters. The molecule has 0 atom stereocenters. The molecule has 1 fully saturated rings. The molecule has 0 radical (unpaired) electrons. The summed E-state index contributed by atoms with van der Waals surface area (Å²) in [6.45, 7) is 0.160.